The van der Waals surface area contributed by atoms with E-state index >= 15 is 0 Å². The molecule has 0 spiro atoms. The molecule has 1 aromatic carbocycles. The van der Waals surface area contributed by atoms with E-state index in [1.165, 1.54) is 0 Å². The molecule has 0 aliphatic heterocycles. The Morgan fingerprint density at radius 1 is 1.50 bits per heavy atom. The van der Waals surface area contributed by atoms with E-state index in [2.05, 4.69) is 6.92 Å². The van der Waals surface area contributed by atoms with Gasteiger partial charge in [-0.1, -0.05) is 19.4 Å². The molecular formula is C13H20N2O. The molecule has 0 aromatic heterocycles. The molecule has 0 bridgehead atoms. The lowest BCUT2D eigenvalue weighted by atomic mass is 10.1. The molecule has 3 N–H and O–H groups in total. The number of nitrogen functional groups attached to an aromatic ring is 1. The lowest BCUT2D eigenvalue weighted by Gasteiger charge is -2.17. The lowest BCUT2D eigenvalue weighted by Crippen LogP contribution is -2.17. The zero-order valence-electron chi connectivity index (χ0n) is 10.2. The Morgan fingerprint density at radius 2 is 2.19 bits per heavy atom. The van der Waals surface area contributed by atoms with Crippen molar-refractivity contribution in [3.05, 3.63) is 29.3 Å². The Hall–Kier alpha value is -1.51. The first kappa shape index (κ1) is 12.6. The Morgan fingerprint density at radius 3 is 2.75 bits per heavy atom. The molecule has 16 heavy (non-hydrogen) atoms. The summed E-state index contributed by atoms with van der Waals surface area (Å²) in [6.07, 6.45) is 2.25. The zero-order chi connectivity index (χ0) is 12.1. The van der Waals surface area contributed by atoms with Crippen molar-refractivity contribution in [2.45, 2.75) is 39.7 Å². The highest BCUT2D eigenvalue weighted by molar-refractivity contribution is 5.97. The van der Waals surface area contributed by atoms with Crippen molar-refractivity contribution < 1.29 is 4.74 Å². The molecule has 1 rings (SSSR count). The molecule has 0 heterocycles. The fourth-order valence-electron chi connectivity index (χ4n) is 1.63. The summed E-state index contributed by atoms with van der Waals surface area (Å²) in [6.45, 7) is 6.17. The molecule has 1 unspecified atom stereocenters. The molecule has 88 valence electrons. The summed E-state index contributed by atoms with van der Waals surface area (Å²) in [5.74, 6) is 0.771. The summed E-state index contributed by atoms with van der Waals surface area (Å²) in [4.78, 5) is 0. The average Bonchev–Trinajstić information content (AvgIpc) is 2.17. The van der Waals surface area contributed by atoms with Crippen LogP contribution in [0.15, 0.2) is 18.2 Å². The predicted octanol–water partition coefficient (Wildman–Crippen LogP) is 2.85. The third-order valence-electron chi connectivity index (χ3n) is 2.45. The first-order valence-electron chi connectivity index (χ1n) is 5.66. The molecule has 0 aliphatic rings. The molecule has 1 aromatic rings. The molecule has 0 saturated heterocycles. The van der Waals surface area contributed by atoms with Crippen LogP contribution in [0.3, 0.4) is 0 Å². The minimum Gasteiger partial charge on any atom is -0.490 e. The van der Waals surface area contributed by atoms with Gasteiger partial charge < -0.3 is 10.5 Å². The molecule has 0 amide bonds. The largest absolute Gasteiger partial charge is 0.490 e. The van der Waals surface area contributed by atoms with Crippen molar-refractivity contribution in [2.24, 2.45) is 5.73 Å². The molecular weight excluding hydrogens is 200 g/mol. The van der Waals surface area contributed by atoms with Gasteiger partial charge in [-0.3, -0.25) is 5.41 Å². The Labute approximate surface area is 97.1 Å². The normalized spacial score (nSPS) is 12.2. The topological polar surface area (TPSA) is 59.1 Å². The van der Waals surface area contributed by atoms with E-state index in [0.29, 0.717) is 11.3 Å². The van der Waals surface area contributed by atoms with Gasteiger partial charge in [-0.2, -0.15) is 0 Å². The lowest BCUT2D eigenvalue weighted by molar-refractivity contribution is 0.209. The average molecular weight is 220 g/mol. The maximum Gasteiger partial charge on any atom is 0.130 e. The van der Waals surface area contributed by atoms with Gasteiger partial charge >= 0.3 is 0 Å². The second-order valence-corrected chi connectivity index (χ2v) is 4.13. The van der Waals surface area contributed by atoms with Gasteiger partial charge in [-0.05, 0) is 38.0 Å². The highest BCUT2D eigenvalue weighted by Gasteiger charge is 2.10. The van der Waals surface area contributed by atoms with E-state index in [1.54, 1.807) is 0 Å². The van der Waals surface area contributed by atoms with Crippen LogP contribution >= 0.6 is 0 Å². The molecule has 1 atom stereocenters. The number of ether oxygens (including phenoxy) is 1. The SMILES string of the molecule is CCCC(C)Oc1cc(C)ccc1C(=N)N. The summed E-state index contributed by atoms with van der Waals surface area (Å²) in [5.41, 5.74) is 7.31. The van der Waals surface area contributed by atoms with Crippen molar-refractivity contribution in [3.8, 4) is 5.75 Å². The third kappa shape index (κ3) is 3.26. The van der Waals surface area contributed by atoms with Crippen molar-refractivity contribution in [2.75, 3.05) is 0 Å². The molecule has 0 saturated carbocycles. The minimum atomic E-state index is 0.0544. The monoisotopic (exact) mass is 220 g/mol. The summed E-state index contributed by atoms with van der Waals surface area (Å²) >= 11 is 0. The highest BCUT2D eigenvalue weighted by atomic mass is 16.5. The van der Waals surface area contributed by atoms with Crippen molar-refractivity contribution >= 4 is 5.84 Å². The van der Waals surface area contributed by atoms with Crippen LogP contribution < -0.4 is 10.5 Å². The minimum absolute atomic E-state index is 0.0544. The number of benzene rings is 1. The van der Waals surface area contributed by atoms with Gasteiger partial charge in [0.25, 0.3) is 0 Å². The van der Waals surface area contributed by atoms with Crippen molar-refractivity contribution in [1.29, 1.82) is 5.41 Å². The Balaban J connectivity index is 2.92. The van der Waals surface area contributed by atoms with Crippen LogP contribution in [-0.4, -0.2) is 11.9 Å². The molecule has 3 heteroatoms. The van der Waals surface area contributed by atoms with Crippen molar-refractivity contribution in [3.63, 3.8) is 0 Å². The van der Waals surface area contributed by atoms with Crippen molar-refractivity contribution in [1.82, 2.24) is 0 Å². The van der Waals surface area contributed by atoms with E-state index in [4.69, 9.17) is 15.9 Å². The maximum atomic E-state index is 7.49. The highest BCUT2D eigenvalue weighted by Crippen LogP contribution is 2.22. The first-order valence-corrected chi connectivity index (χ1v) is 5.66. The van der Waals surface area contributed by atoms with E-state index < -0.39 is 0 Å². The number of aryl methyl sites for hydroxylation is 1. The smallest absolute Gasteiger partial charge is 0.130 e. The summed E-state index contributed by atoms with van der Waals surface area (Å²) in [5, 5.41) is 7.49. The maximum absolute atomic E-state index is 7.49. The van der Waals surface area contributed by atoms with Crippen LogP contribution in [0.1, 0.15) is 37.8 Å². The molecule has 0 aliphatic carbocycles. The van der Waals surface area contributed by atoms with Crippen LogP contribution in [0.2, 0.25) is 0 Å². The number of hydrogen-bond acceptors (Lipinski definition) is 2. The van der Waals surface area contributed by atoms with Crippen LogP contribution in [-0.2, 0) is 0 Å². The number of hydrogen-bond donors (Lipinski definition) is 2. The fraction of sp³-hybridized carbons (Fsp3) is 0.462. The van der Waals surface area contributed by atoms with Gasteiger partial charge in [-0.25, -0.2) is 0 Å². The zero-order valence-corrected chi connectivity index (χ0v) is 10.2. The Bertz CT molecular complexity index is 374. The third-order valence-corrected chi connectivity index (χ3v) is 2.45. The van der Waals surface area contributed by atoms with E-state index in [9.17, 15) is 0 Å². The number of rotatable bonds is 5. The Kier molecular flexibility index (Phi) is 4.35. The van der Waals surface area contributed by atoms with Gasteiger partial charge in [0.1, 0.15) is 11.6 Å². The molecule has 0 radical (unpaired) electrons. The second-order valence-electron chi connectivity index (χ2n) is 4.13. The van der Waals surface area contributed by atoms with Gasteiger partial charge in [0, 0.05) is 0 Å². The summed E-state index contributed by atoms with van der Waals surface area (Å²) < 4.78 is 5.81. The fourth-order valence-corrected chi connectivity index (χ4v) is 1.63. The summed E-state index contributed by atoms with van der Waals surface area (Å²) in [6, 6.07) is 5.71. The van der Waals surface area contributed by atoms with Crippen LogP contribution in [0.5, 0.6) is 5.75 Å². The first-order chi connectivity index (χ1) is 7.54. The van der Waals surface area contributed by atoms with Gasteiger partial charge in [0.05, 0.1) is 11.7 Å². The van der Waals surface area contributed by atoms with Gasteiger partial charge in [0.15, 0.2) is 0 Å². The van der Waals surface area contributed by atoms with E-state index in [0.717, 1.165) is 18.4 Å². The summed E-state index contributed by atoms with van der Waals surface area (Å²) in [7, 11) is 0. The quantitative estimate of drug-likeness (QED) is 0.592. The number of nitrogens with one attached hydrogen (secondary N) is 1. The van der Waals surface area contributed by atoms with Crippen LogP contribution in [0.25, 0.3) is 0 Å². The van der Waals surface area contributed by atoms with E-state index in [-0.39, 0.29) is 11.9 Å². The number of nitrogens with two attached hydrogens (primary N) is 1. The van der Waals surface area contributed by atoms with E-state index in [1.807, 2.05) is 32.0 Å². The molecule has 3 nitrogen and oxygen atoms in total. The molecule has 0 fully saturated rings. The standard InChI is InChI=1S/C13H20N2O/c1-4-5-10(3)16-12-8-9(2)6-7-11(12)13(14)15/h6-8,10H,4-5H2,1-3H3,(H3,14,15). The van der Waals surface area contributed by atoms with Gasteiger partial charge in [-0.15, -0.1) is 0 Å². The van der Waals surface area contributed by atoms with Gasteiger partial charge in [0.2, 0.25) is 0 Å². The van der Waals surface area contributed by atoms with Crippen LogP contribution in [0.4, 0.5) is 0 Å². The number of amidine groups is 1. The van der Waals surface area contributed by atoms with Crippen LogP contribution in [0, 0.1) is 12.3 Å². The predicted molar refractivity (Wildman–Crippen MR) is 67.2 cm³/mol. The second kappa shape index (κ2) is 5.54.